The zero-order valence-corrected chi connectivity index (χ0v) is 12.2. The highest BCUT2D eigenvalue weighted by molar-refractivity contribution is 9.10. The van der Waals surface area contributed by atoms with Crippen molar-refractivity contribution < 1.29 is 0 Å². The number of piperidine rings is 1. The monoisotopic (exact) mass is 295 g/mol. The van der Waals surface area contributed by atoms with Crippen LogP contribution in [0.2, 0.25) is 0 Å². The van der Waals surface area contributed by atoms with Crippen LogP contribution in [0.1, 0.15) is 44.1 Å². The van der Waals surface area contributed by atoms with Crippen molar-refractivity contribution in [1.29, 1.82) is 0 Å². The Bertz CT molecular complexity index is 343. The van der Waals surface area contributed by atoms with Crippen molar-refractivity contribution in [3.8, 4) is 0 Å². The van der Waals surface area contributed by atoms with Gasteiger partial charge in [-0.05, 0) is 62.5 Å². The van der Waals surface area contributed by atoms with Crippen molar-refractivity contribution in [3.63, 3.8) is 0 Å². The van der Waals surface area contributed by atoms with Crippen LogP contribution >= 0.6 is 15.9 Å². The predicted molar refractivity (Wildman–Crippen MR) is 77.5 cm³/mol. The fraction of sp³-hybridized carbons (Fsp3) is 0.600. The molecule has 17 heavy (non-hydrogen) atoms. The summed E-state index contributed by atoms with van der Waals surface area (Å²) in [5, 5.41) is 0. The Morgan fingerprint density at radius 3 is 2.71 bits per heavy atom. The Hall–Kier alpha value is -0.340. The number of nitrogens with zero attached hydrogens (tertiary/aromatic N) is 1. The minimum atomic E-state index is 0.769. The summed E-state index contributed by atoms with van der Waals surface area (Å²) in [6.07, 6.45) is 5.30. The normalized spacial score (nSPS) is 18.5. The molecule has 94 valence electrons. The van der Waals surface area contributed by atoms with Gasteiger partial charge in [0.1, 0.15) is 0 Å². The molecule has 1 nitrogen and oxygen atoms in total. The van der Waals surface area contributed by atoms with E-state index in [1.807, 2.05) is 0 Å². The van der Waals surface area contributed by atoms with Crippen LogP contribution in [-0.4, -0.2) is 24.5 Å². The van der Waals surface area contributed by atoms with Gasteiger partial charge in [-0.2, -0.15) is 0 Å². The van der Waals surface area contributed by atoms with Crippen LogP contribution < -0.4 is 0 Å². The van der Waals surface area contributed by atoms with E-state index in [1.54, 1.807) is 0 Å². The minimum Gasteiger partial charge on any atom is -0.303 e. The molecular weight excluding hydrogens is 274 g/mol. The average molecular weight is 296 g/mol. The number of likely N-dealkylation sites (tertiary alicyclic amines) is 1. The molecule has 1 saturated heterocycles. The summed E-state index contributed by atoms with van der Waals surface area (Å²) in [7, 11) is 0. The second-order valence-electron chi connectivity index (χ2n) is 5.02. The first-order valence-electron chi connectivity index (χ1n) is 6.77. The molecule has 0 N–H and O–H groups in total. The van der Waals surface area contributed by atoms with E-state index in [-0.39, 0.29) is 0 Å². The standard InChI is InChI=1S/C15H22BrN/c1-2-3-9-17-10-7-13(8-11-17)14-5-4-6-15(16)12-14/h4-6,12-13H,2-3,7-11H2,1H3. The zero-order chi connectivity index (χ0) is 12.1. The largest absolute Gasteiger partial charge is 0.303 e. The van der Waals surface area contributed by atoms with E-state index in [4.69, 9.17) is 0 Å². The van der Waals surface area contributed by atoms with E-state index >= 15 is 0 Å². The molecule has 0 radical (unpaired) electrons. The first kappa shape index (κ1) is 13.1. The predicted octanol–water partition coefficient (Wildman–Crippen LogP) is 4.43. The van der Waals surface area contributed by atoms with Gasteiger partial charge in [0, 0.05) is 4.47 Å². The zero-order valence-electron chi connectivity index (χ0n) is 10.7. The van der Waals surface area contributed by atoms with Gasteiger partial charge in [0.05, 0.1) is 0 Å². The second-order valence-corrected chi connectivity index (χ2v) is 5.94. The van der Waals surface area contributed by atoms with Crippen molar-refractivity contribution in [2.24, 2.45) is 0 Å². The van der Waals surface area contributed by atoms with Gasteiger partial charge in [-0.3, -0.25) is 0 Å². The summed E-state index contributed by atoms with van der Waals surface area (Å²) < 4.78 is 1.21. The molecule has 2 rings (SSSR count). The lowest BCUT2D eigenvalue weighted by Gasteiger charge is -2.32. The fourth-order valence-corrected chi connectivity index (χ4v) is 3.05. The molecule has 1 fully saturated rings. The molecule has 0 spiro atoms. The summed E-state index contributed by atoms with van der Waals surface area (Å²) in [6.45, 7) is 6.12. The van der Waals surface area contributed by atoms with Crippen molar-refractivity contribution >= 4 is 15.9 Å². The molecule has 0 unspecified atom stereocenters. The quantitative estimate of drug-likeness (QED) is 0.794. The Morgan fingerprint density at radius 1 is 1.29 bits per heavy atom. The number of halogens is 1. The van der Waals surface area contributed by atoms with Gasteiger partial charge >= 0.3 is 0 Å². The van der Waals surface area contributed by atoms with Gasteiger partial charge in [-0.1, -0.05) is 41.4 Å². The molecule has 0 atom stereocenters. The smallest absolute Gasteiger partial charge is 0.0178 e. The van der Waals surface area contributed by atoms with E-state index in [9.17, 15) is 0 Å². The van der Waals surface area contributed by atoms with Crippen LogP contribution in [0.3, 0.4) is 0 Å². The lowest BCUT2D eigenvalue weighted by atomic mass is 9.89. The average Bonchev–Trinajstić information content (AvgIpc) is 2.37. The SMILES string of the molecule is CCCCN1CCC(c2cccc(Br)c2)CC1. The number of hydrogen-bond acceptors (Lipinski definition) is 1. The second kappa shape index (κ2) is 6.55. The maximum absolute atomic E-state index is 3.56. The summed E-state index contributed by atoms with van der Waals surface area (Å²) in [5.41, 5.74) is 1.51. The topological polar surface area (TPSA) is 3.24 Å². The van der Waals surface area contributed by atoms with Crippen molar-refractivity contribution in [3.05, 3.63) is 34.3 Å². The third-order valence-corrected chi connectivity index (χ3v) is 4.23. The van der Waals surface area contributed by atoms with Gasteiger partial charge in [-0.25, -0.2) is 0 Å². The Kier molecular flexibility index (Phi) is 5.05. The van der Waals surface area contributed by atoms with Gasteiger partial charge in [0.15, 0.2) is 0 Å². The number of rotatable bonds is 4. The highest BCUT2D eigenvalue weighted by Gasteiger charge is 2.19. The van der Waals surface area contributed by atoms with Crippen molar-refractivity contribution in [1.82, 2.24) is 4.90 Å². The van der Waals surface area contributed by atoms with Gasteiger partial charge in [-0.15, -0.1) is 0 Å². The molecule has 0 aliphatic carbocycles. The molecular formula is C15H22BrN. The molecule has 0 aromatic heterocycles. The molecule has 1 aromatic rings. The molecule has 1 aliphatic rings. The minimum absolute atomic E-state index is 0.769. The molecule has 1 aliphatic heterocycles. The number of unbranched alkanes of at least 4 members (excludes halogenated alkanes) is 1. The lowest BCUT2D eigenvalue weighted by Crippen LogP contribution is -2.33. The van der Waals surface area contributed by atoms with Crippen LogP contribution in [0.25, 0.3) is 0 Å². The Morgan fingerprint density at radius 2 is 2.06 bits per heavy atom. The van der Waals surface area contributed by atoms with Crippen LogP contribution in [0.5, 0.6) is 0 Å². The van der Waals surface area contributed by atoms with Crippen molar-refractivity contribution in [2.75, 3.05) is 19.6 Å². The maximum Gasteiger partial charge on any atom is 0.0178 e. The molecule has 1 aromatic carbocycles. The highest BCUT2D eigenvalue weighted by atomic mass is 79.9. The van der Waals surface area contributed by atoms with Crippen LogP contribution in [0.15, 0.2) is 28.7 Å². The number of hydrogen-bond donors (Lipinski definition) is 0. The van der Waals surface area contributed by atoms with Crippen LogP contribution in [0.4, 0.5) is 0 Å². The van der Waals surface area contributed by atoms with Gasteiger partial charge in [0.25, 0.3) is 0 Å². The molecule has 0 amide bonds. The third-order valence-electron chi connectivity index (χ3n) is 3.74. The maximum atomic E-state index is 3.56. The van der Waals surface area contributed by atoms with E-state index in [0.717, 1.165) is 5.92 Å². The van der Waals surface area contributed by atoms with Crippen molar-refractivity contribution in [2.45, 2.75) is 38.5 Å². The summed E-state index contributed by atoms with van der Waals surface area (Å²) in [4.78, 5) is 2.62. The molecule has 0 bridgehead atoms. The molecule has 0 saturated carbocycles. The fourth-order valence-electron chi connectivity index (χ4n) is 2.63. The highest BCUT2D eigenvalue weighted by Crippen LogP contribution is 2.29. The van der Waals surface area contributed by atoms with Gasteiger partial charge in [0.2, 0.25) is 0 Å². The summed E-state index contributed by atoms with van der Waals surface area (Å²) in [6, 6.07) is 8.83. The first-order chi connectivity index (χ1) is 8.29. The summed E-state index contributed by atoms with van der Waals surface area (Å²) >= 11 is 3.56. The lowest BCUT2D eigenvalue weighted by molar-refractivity contribution is 0.209. The van der Waals surface area contributed by atoms with E-state index < -0.39 is 0 Å². The van der Waals surface area contributed by atoms with E-state index in [2.05, 4.69) is 52.0 Å². The first-order valence-corrected chi connectivity index (χ1v) is 7.56. The van der Waals surface area contributed by atoms with E-state index in [1.165, 1.54) is 55.4 Å². The Balaban J connectivity index is 1.86. The third kappa shape index (κ3) is 3.82. The number of benzene rings is 1. The Labute approximate surface area is 113 Å². The molecule has 2 heteroatoms. The summed E-state index contributed by atoms with van der Waals surface area (Å²) in [5.74, 6) is 0.769. The van der Waals surface area contributed by atoms with Crippen LogP contribution in [0, 0.1) is 0 Å². The van der Waals surface area contributed by atoms with Gasteiger partial charge < -0.3 is 4.90 Å². The van der Waals surface area contributed by atoms with Crippen LogP contribution in [-0.2, 0) is 0 Å². The molecule has 1 heterocycles. The van der Waals surface area contributed by atoms with E-state index in [0.29, 0.717) is 0 Å².